The summed E-state index contributed by atoms with van der Waals surface area (Å²) in [5, 5.41) is 11.3. The molecule has 2 heterocycles. The minimum Gasteiger partial charge on any atom is -0.348 e. The van der Waals surface area contributed by atoms with Crippen molar-refractivity contribution >= 4 is 29.9 Å². The van der Waals surface area contributed by atoms with Crippen LogP contribution in [0.5, 0.6) is 0 Å². The summed E-state index contributed by atoms with van der Waals surface area (Å²) in [6.07, 6.45) is 3.70. The molecule has 1 saturated heterocycles. The van der Waals surface area contributed by atoms with Crippen molar-refractivity contribution in [1.29, 1.82) is 0 Å². The summed E-state index contributed by atoms with van der Waals surface area (Å²) in [4.78, 5) is 12.4. The molecule has 1 atom stereocenters. The van der Waals surface area contributed by atoms with E-state index in [9.17, 15) is 4.79 Å². The van der Waals surface area contributed by atoms with Crippen LogP contribution in [0.3, 0.4) is 0 Å². The number of aromatic nitrogens is 2. The van der Waals surface area contributed by atoms with Crippen molar-refractivity contribution in [3.8, 4) is 5.69 Å². The molecule has 2 aromatic rings. The number of carbonyl (C=O) groups is 1. The maximum absolute atomic E-state index is 12.4. The molecule has 1 aromatic carbocycles. The molecule has 1 fully saturated rings. The molecule has 5 nitrogen and oxygen atoms in total. The first-order chi connectivity index (χ1) is 10.7. The maximum atomic E-state index is 12.4. The Morgan fingerprint density at radius 3 is 2.91 bits per heavy atom. The van der Waals surface area contributed by atoms with Crippen molar-refractivity contribution in [2.75, 3.05) is 13.1 Å². The molecule has 1 aliphatic rings. The van der Waals surface area contributed by atoms with Gasteiger partial charge in [0.05, 0.1) is 28.2 Å². The predicted octanol–water partition coefficient (Wildman–Crippen LogP) is 2.74. The van der Waals surface area contributed by atoms with E-state index in [2.05, 4.69) is 15.7 Å². The average molecular weight is 355 g/mol. The van der Waals surface area contributed by atoms with Gasteiger partial charge in [-0.05, 0) is 38.4 Å². The summed E-state index contributed by atoms with van der Waals surface area (Å²) in [5.41, 5.74) is 2.15. The lowest BCUT2D eigenvalue weighted by Gasteiger charge is -2.23. The molecule has 1 aromatic heterocycles. The summed E-state index contributed by atoms with van der Waals surface area (Å²) >= 11 is 6.21. The second-order valence-corrected chi connectivity index (χ2v) is 5.93. The van der Waals surface area contributed by atoms with Crippen molar-refractivity contribution < 1.29 is 4.79 Å². The zero-order valence-corrected chi connectivity index (χ0v) is 14.5. The van der Waals surface area contributed by atoms with Crippen LogP contribution in [-0.2, 0) is 0 Å². The first-order valence-corrected chi connectivity index (χ1v) is 7.85. The van der Waals surface area contributed by atoms with Crippen molar-refractivity contribution in [2.24, 2.45) is 0 Å². The van der Waals surface area contributed by atoms with Crippen LogP contribution in [0.2, 0.25) is 5.02 Å². The third kappa shape index (κ3) is 3.86. The summed E-state index contributed by atoms with van der Waals surface area (Å²) < 4.78 is 1.70. The van der Waals surface area contributed by atoms with E-state index in [1.165, 1.54) is 0 Å². The molecule has 1 aliphatic heterocycles. The number of nitrogens with zero attached hydrogens (tertiary/aromatic N) is 2. The highest BCUT2D eigenvalue weighted by molar-refractivity contribution is 6.32. The Labute approximate surface area is 146 Å². The molecule has 23 heavy (non-hydrogen) atoms. The lowest BCUT2D eigenvalue weighted by Crippen LogP contribution is -2.45. The zero-order chi connectivity index (χ0) is 15.5. The Kier molecular flexibility index (Phi) is 6.04. The maximum Gasteiger partial charge on any atom is 0.255 e. The zero-order valence-electron chi connectivity index (χ0n) is 12.9. The Morgan fingerprint density at radius 2 is 2.22 bits per heavy atom. The molecule has 0 spiro atoms. The number of benzene rings is 1. The van der Waals surface area contributed by atoms with Gasteiger partial charge in [0.1, 0.15) is 0 Å². The van der Waals surface area contributed by atoms with E-state index >= 15 is 0 Å². The number of hydrogen-bond acceptors (Lipinski definition) is 3. The topological polar surface area (TPSA) is 59.0 Å². The number of amides is 1. The fraction of sp³-hybridized carbons (Fsp3) is 0.375. The van der Waals surface area contributed by atoms with Gasteiger partial charge in [-0.15, -0.1) is 12.4 Å². The number of piperidine rings is 1. The number of para-hydroxylation sites is 1. The quantitative estimate of drug-likeness (QED) is 0.890. The molecule has 2 N–H and O–H groups in total. The van der Waals surface area contributed by atoms with Crippen LogP contribution >= 0.6 is 24.0 Å². The lowest BCUT2D eigenvalue weighted by molar-refractivity contribution is 0.0930. The van der Waals surface area contributed by atoms with Gasteiger partial charge >= 0.3 is 0 Å². The van der Waals surface area contributed by atoms with Gasteiger partial charge in [0.15, 0.2) is 0 Å². The van der Waals surface area contributed by atoms with Crippen molar-refractivity contribution in [2.45, 2.75) is 25.8 Å². The van der Waals surface area contributed by atoms with Crippen molar-refractivity contribution in [1.82, 2.24) is 20.4 Å². The number of rotatable bonds is 3. The van der Waals surface area contributed by atoms with Gasteiger partial charge in [-0.3, -0.25) is 4.79 Å². The van der Waals surface area contributed by atoms with Crippen LogP contribution < -0.4 is 10.6 Å². The summed E-state index contributed by atoms with van der Waals surface area (Å²) in [5.74, 6) is -0.0792. The molecule has 1 amide bonds. The lowest BCUT2D eigenvalue weighted by atomic mass is 10.1. The third-order valence-electron chi connectivity index (χ3n) is 3.97. The Bertz CT molecular complexity index is 680. The predicted molar refractivity (Wildman–Crippen MR) is 93.9 cm³/mol. The van der Waals surface area contributed by atoms with E-state index in [0.717, 1.165) is 37.3 Å². The SMILES string of the molecule is Cc1c(C(=O)NC2CCCNC2)cnn1-c1ccccc1Cl.Cl. The van der Waals surface area contributed by atoms with E-state index in [4.69, 9.17) is 11.6 Å². The van der Waals surface area contributed by atoms with Crippen molar-refractivity contribution in [3.05, 3.63) is 46.7 Å². The van der Waals surface area contributed by atoms with Gasteiger partial charge in [0, 0.05) is 12.6 Å². The average Bonchev–Trinajstić information content (AvgIpc) is 2.90. The number of halogens is 2. The second kappa shape index (κ2) is 7.81. The number of nitrogens with one attached hydrogen (secondary N) is 2. The minimum absolute atomic E-state index is 0. The fourth-order valence-electron chi connectivity index (χ4n) is 2.74. The van der Waals surface area contributed by atoms with Crippen molar-refractivity contribution in [3.63, 3.8) is 0 Å². The van der Waals surface area contributed by atoms with Gasteiger partial charge in [0.2, 0.25) is 0 Å². The Morgan fingerprint density at radius 1 is 1.43 bits per heavy atom. The van der Waals surface area contributed by atoms with Crippen LogP contribution in [0.25, 0.3) is 5.69 Å². The molecule has 3 rings (SSSR count). The standard InChI is InChI=1S/C16H19ClN4O.ClH/c1-11-13(16(22)20-12-5-4-8-18-9-12)10-19-21(11)15-7-3-2-6-14(15)17;/h2-3,6-7,10,12,18H,4-5,8-9H2,1H3,(H,20,22);1H. The van der Waals surface area contributed by atoms with Crippen LogP contribution in [0.1, 0.15) is 28.9 Å². The second-order valence-electron chi connectivity index (χ2n) is 5.52. The number of carbonyl (C=O) groups excluding carboxylic acids is 1. The molecular formula is C16H20Cl2N4O. The van der Waals surface area contributed by atoms with Crippen LogP contribution in [0.15, 0.2) is 30.5 Å². The molecule has 0 radical (unpaired) electrons. The number of hydrogen-bond donors (Lipinski definition) is 2. The molecular weight excluding hydrogens is 335 g/mol. The monoisotopic (exact) mass is 354 g/mol. The normalized spacial score (nSPS) is 17.4. The van der Waals surface area contributed by atoms with E-state index in [1.807, 2.05) is 31.2 Å². The Balaban J connectivity index is 0.00000192. The van der Waals surface area contributed by atoms with E-state index in [-0.39, 0.29) is 24.4 Å². The van der Waals surface area contributed by atoms with E-state index in [1.54, 1.807) is 10.9 Å². The highest BCUT2D eigenvalue weighted by Crippen LogP contribution is 2.22. The molecule has 0 aliphatic carbocycles. The first-order valence-electron chi connectivity index (χ1n) is 7.48. The van der Waals surface area contributed by atoms with Gasteiger partial charge in [0.25, 0.3) is 5.91 Å². The molecule has 7 heteroatoms. The van der Waals surface area contributed by atoms with Crippen LogP contribution in [0.4, 0.5) is 0 Å². The van der Waals surface area contributed by atoms with E-state index in [0.29, 0.717) is 10.6 Å². The molecule has 0 saturated carbocycles. The van der Waals surface area contributed by atoms with Gasteiger partial charge in [-0.1, -0.05) is 23.7 Å². The molecule has 1 unspecified atom stereocenters. The summed E-state index contributed by atoms with van der Waals surface area (Å²) in [6.45, 7) is 3.73. The van der Waals surface area contributed by atoms with Gasteiger partial charge < -0.3 is 10.6 Å². The largest absolute Gasteiger partial charge is 0.348 e. The highest BCUT2D eigenvalue weighted by atomic mass is 35.5. The molecule has 0 bridgehead atoms. The summed E-state index contributed by atoms with van der Waals surface area (Å²) in [7, 11) is 0. The Hall–Kier alpha value is -1.56. The van der Waals surface area contributed by atoms with Gasteiger partial charge in [-0.2, -0.15) is 5.10 Å². The van der Waals surface area contributed by atoms with Crippen LogP contribution in [-0.4, -0.2) is 34.8 Å². The smallest absolute Gasteiger partial charge is 0.255 e. The van der Waals surface area contributed by atoms with Crippen LogP contribution in [0, 0.1) is 6.92 Å². The van der Waals surface area contributed by atoms with Gasteiger partial charge in [-0.25, -0.2) is 4.68 Å². The summed E-state index contributed by atoms with van der Waals surface area (Å²) in [6, 6.07) is 7.65. The molecule has 124 valence electrons. The fourth-order valence-corrected chi connectivity index (χ4v) is 2.95. The third-order valence-corrected chi connectivity index (χ3v) is 4.29. The first kappa shape index (κ1) is 17.8. The highest BCUT2D eigenvalue weighted by Gasteiger charge is 2.20. The van der Waals surface area contributed by atoms with E-state index < -0.39 is 0 Å². The minimum atomic E-state index is -0.0792.